The minimum Gasteiger partial charge on any atom is -0.507 e. The predicted molar refractivity (Wildman–Crippen MR) is 97.4 cm³/mol. The van der Waals surface area contributed by atoms with Gasteiger partial charge in [-0.3, -0.25) is 4.79 Å². The van der Waals surface area contributed by atoms with E-state index >= 15 is 0 Å². The van der Waals surface area contributed by atoms with E-state index in [9.17, 15) is 28.2 Å². The van der Waals surface area contributed by atoms with Gasteiger partial charge in [-0.15, -0.1) is 0 Å². The average Bonchev–Trinajstić information content (AvgIpc) is 2.96. The van der Waals surface area contributed by atoms with Gasteiger partial charge in [0, 0.05) is 16.8 Å². The Morgan fingerprint density at radius 1 is 1.22 bits per heavy atom. The van der Waals surface area contributed by atoms with Crippen LogP contribution in [0.4, 0.5) is 0 Å². The summed E-state index contributed by atoms with van der Waals surface area (Å²) in [5.74, 6) is -2.30. The molecule has 3 N–H and O–H groups in total. The highest BCUT2D eigenvalue weighted by atomic mass is 32.2. The van der Waals surface area contributed by atoms with Crippen LogP contribution in [-0.2, 0) is 19.4 Å². The van der Waals surface area contributed by atoms with Crippen LogP contribution in [0.15, 0.2) is 30.3 Å². The molecular weight excluding hydrogens is 374 g/mol. The molecule has 0 spiro atoms. The van der Waals surface area contributed by atoms with Gasteiger partial charge in [0.25, 0.3) is 5.91 Å². The number of hydrogen-bond acceptors (Lipinski definition) is 7. The number of hydrogen-bond donors (Lipinski definition) is 3. The van der Waals surface area contributed by atoms with Gasteiger partial charge in [0.1, 0.15) is 17.1 Å². The minimum atomic E-state index is -3.15. The van der Waals surface area contributed by atoms with E-state index in [2.05, 4.69) is 5.32 Å². The highest BCUT2D eigenvalue weighted by Gasteiger charge is 2.31. The molecule has 2 aromatic rings. The van der Waals surface area contributed by atoms with Crippen molar-refractivity contribution in [1.82, 2.24) is 5.32 Å². The Morgan fingerprint density at radius 2 is 1.89 bits per heavy atom. The van der Waals surface area contributed by atoms with Crippen molar-refractivity contribution in [2.24, 2.45) is 0 Å². The number of rotatable bonds is 4. The Morgan fingerprint density at radius 3 is 2.52 bits per heavy atom. The number of nitrogens with one attached hydrogen (secondary N) is 1. The lowest BCUT2D eigenvalue weighted by molar-refractivity contribution is -0.129. The lowest BCUT2D eigenvalue weighted by Gasteiger charge is -2.17. The fourth-order valence-corrected chi connectivity index (χ4v) is 4.67. The molecule has 1 aliphatic heterocycles. The summed E-state index contributed by atoms with van der Waals surface area (Å²) < 4.78 is 28.0. The highest BCUT2D eigenvalue weighted by molar-refractivity contribution is 7.91. The van der Waals surface area contributed by atoms with E-state index in [1.54, 1.807) is 18.2 Å². The van der Waals surface area contributed by atoms with Gasteiger partial charge in [0.2, 0.25) is 0 Å². The van der Waals surface area contributed by atoms with Gasteiger partial charge in [-0.2, -0.15) is 0 Å². The van der Waals surface area contributed by atoms with Crippen LogP contribution in [0.5, 0.6) is 11.5 Å². The largest absolute Gasteiger partial charge is 0.507 e. The second kappa shape index (κ2) is 7.07. The van der Waals surface area contributed by atoms with Crippen molar-refractivity contribution in [3.63, 3.8) is 0 Å². The standard InChI is InChI=1S/C18H19NO7S/c1-10(17(22)19-11-6-7-27(24,25)9-11)26-18(23)14-8-15(20)12-4-2-3-5-13(12)16(14)21/h2-5,8,10-11,20-21H,6-7,9H2,1H3,(H,19,22)/t10-,11+/m0/s1. The van der Waals surface area contributed by atoms with Crippen molar-refractivity contribution in [2.75, 3.05) is 11.5 Å². The van der Waals surface area contributed by atoms with Crippen molar-refractivity contribution in [2.45, 2.75) is 25.5 Å². The third-order valence-electron chi connectivity index (χ3n) is 4.45. The van der Waals surface area contributed by atoms with Crippen molar-refractivity contribution in [3.8, 4) is 11.5 Å². The summed E-state index contributed by atoms with van der Waals surface area (Å²) in [6, 6.07) is 7.01. The molecule has 8 nitrogen and oxygen atoms in total. The van der Waals surface area contributed by atoms with Crippen LogP contribution in [0, 0.1) is 0 Å². The summed E-state index contributed by atoms with van der Waals surface area (Å²) >= 11 is 0. The summed E-state index contributed by atoms with van der Waals surface area (Å²) in [5.41, 5.74) is -0.269. The number of ether oxygens (including phenoxy) is 1. The fraction of sp³-hybridized carbons (Fsp3) is 0.333. The van der Waals surface area contributed by atoms with Gasteiger partial charge >= 0.3 is 5.97 Å². The number of phenols is 2. The molecule has 2 atom stereocenters. The number of benzene rings is 2. The zero-order valence-corrected chi connectivity index (χ0v) is 15.3. The second-order valence-corrected chi connectivity index (χ2v) is 8.72. The number of sulfone groups is 1. The lowest BCUT2D eigenvalue weighted by Crippen LogP contribution is -2.42. The van der Waals surface area contributed by atoms with Gasteiger partial charge in [-0.05, 0) is 19.4 Å². The molecule has 3 rings (SSSR count). The van der Waals surface area contributed by atoms with Crippen LogP contribution in [0.3, 0.4) is 0 Å². The Kier molecular flexibility index (Phi) is 4.97. The predicted octanol–water partition coefficient (Wildman–Crippen LogP) is 1.10. The third-order valence-corrected chi connectivity index (χ3v) is 6.21. The van der Waals surface area contributed by atoms with Crippen LogP contribution in [0.1, 0.15) is 23.7 Å². The molecule has 0 aliphatic carbocycles. The maximum Gasteiger partial charge on any atom is 0.342 e. The average molecular weight is 393 g/mol. The van der Waals surface area contributed by atoms with E-state index in [1.807, 2.05) is 0 Å². The molecule has 1 amide bonds. The van der Waals surface area contributed by atoms with E-state index in [-0.39, 0.29) is 34.0 Å². The fourth-order valence-electron chi connectivity index (χ4n) is 3.00. The maximum atomic E-state index is 12.3. The number of carbonyl (C=O) groups excluding carboxylic acids is 2. The van der Waals surface area contributed by atoms with Gasteiger partial charge in [0.05, 0.1) is 11.5 Å². The van der Waals surface area contributed by atoms with E-state index in [0.29, 0.717) is 11.8 Å². The number of amides is 1. The minimum absolute atomic E-state index is 0.0103. The highest BCUT2D eigenvalue weighted by Crippen LogP contribution is 2.35. The Bertz CT molecular complexity index is 1020. The van der Waals surface area contributed by atoms with Crippen molar-refractivity contribution >= 4 is 32.5 Å². The molecule has 9 heteroatoms. The summed E-state index contributed by atoms with van der Waals surface area (Å²) in [5, 5.41) is 23.5. The van der Waals surface area contributed by atoms with Crippen LogP contribution >= 0.6 is 0 Å². The van der Waals surface area contributed by atoms with Gasteiger partial charge in [-0.25, -0.2) is 13.2 Å². The van der Waals surface area contributed by atoms with Gasteiger partial charge in [0.15, 0.2) is 15.9 Å². The van der Waals surface area contributed by atoms with Crippen LogP contribution in [-0.4, -0.2) is 54.2 Å². The molecule has 144 valence electrons. The van der Waals surface area contributed by atoms with Crippen LogP contribution in [0.25, 0.3) is 10.8 Å². The topological polar surface area (TPSA) is 130 Å². The molecule has 0 bridgehead atoms. The molecule has 0 radical (unpaired) electrons. The van der Waals surface area contributed by atoms with Crippen LogP contribution < -0.4 is 5.32 Å². The summed E-state index contributed by atoms with van der Waals surface area (Å²) in [7, 11) is -3.15. The SMILES string of the molecule is C[C@H](OC(=O)c1cc(O)c2ccccc2c1O)C(=O)N[C@@H]1CCS(=O)(=O)C1. The first-order valence-electron chi connectivity index (χ1n) is 8.33. The Balaban J connectivity index is 1.72. The monoisotopic (exact) mass is 393 g/mol. The molecule has 2 aromatic carbocycles. The molecule has 0 saturated carbocycles. The number of carbonyl (C=O) groups is 2. The van der Waals surface area contributed by atoms with E-state index in [0.717, 1.165) is 6.07 Å². The smallest absolute Gasteiger partial charge is 0.342 e. The van der Waals surface area contributed by atoms with E-state index in [4.69, 9.17) is 4.74 Å². The van der Waals surface area contributed by atoms with Gasteiger partial charge < -0.3 is 20.3 Å². The Labute approximate surface area is 155 Å². The molecule has 0 aromatic heterocycles. The van der Waals surface area contributed by atoms with Crippen molar-refractivity contribution in [3.05, 3.63) is 35.9 Å². The first kappa shape index (κ1) is 19.0. The molecule has 1 heterocycles. The molecule has 0 unspecified atom stereocenters. The number of esters is 1. The van der Waals surface area contributed by atoms with Crippen molar-refractivity contribution in [1.29, 1.82) is 0 Å². The lowest BCUT2D eigenvalue weighted by atomic mass is 10.0. The van der Waals surface area contributed by atoms with E-state index in [1.165, 1.54) is 13.0 Å². The number of fused-ring (bicyclic) bond motifs is 1. The Hall–Kier alpha value is -2.81. The first-order valence-corrected chi connectivity index (χ1v) is 10.2. The molecular formula is C18H19NO7S. The van der Waals surface area contributed by atoms with E-state index < -0.39 is 33.9 Å². The summed E-state index contributed by atoms with van der Waals surface area (Å²) in [6.45, 7) is 1.34. The van der Waals surface area contributed by atoms with Crippen molar-refractivity contribution < 1.29 is 33.0 Å². The number of phenolic OH excluding ortho intramolecular Hbond substituents is 2. The molecule has 27 heavy (non-hydrogen) atoms. The zero-order valence-electron chi connectivity index (χ0n) is 14.5. The second-order valence-electron chi connectivity index (χ2n) is 6.49. The summed E-state index contributed by atoms with van der Waals surface area (Å²) in [4.78, 5) is 24.5. The molecule has 1 aliphatic rings. The zero-order chi connectivity index (χ0) is 19.8. The number of aromatic hydroxyl groups is 2. The maximum absolute atomic E-state index is 12.3. The van der Waals surface area contributed by atoms with Crippen LogP contribution in [0.2, 0.25) is 0 Å². The quantitative estimate of drug-likeness (QED) is 0.524. The third kappa shape index (κ3) is 3.97. The molecule has 1 fully saturated rings. The van der Waals surface area contributed by atoms with Gasteiger partial charge in [-0.1, -0.05) is 24.3 Å². The normalized spacial score (nSPS) is 19.5. The first-order chi connectivity index (χ1) is 12.7. The molecule has 1 saturated heterocycles. The summed E-state index contributed by atoms with van der Waals surface area (Å²) in [6.07, 6.45) is -0.887.